The van der Waals surface area contributed by atoms with E-state index in [0.29, 0.717) is 20.7 Å². The van der Waals surface area contributed by atoms with Crippen molar-refractivity contribution >= 4 is 57.6 Å². The Morgan fingerprint density at radius 1 is 1.33 bits per heavy atom. The molecule has 2 aromatic carbocycles. The van der Waals surface area contributed by atoms with Gasteiger partial charge in [-0.2, -0.15) is 0 Å². The first-order valence-corrected chi connectivity index (χ1v) is 9.99. The van der Waals surface area contributed by atoms with Gasteiger partial charge in [0, 0.05) is 5.56 Å². The Bertz CT molecular complexity index is 932. The van der Waals surface area contributed by atoms with Crippen LogP contribution in [0.25, 0.3) is 6.08 Å². The minimum absolute atomic E-state index is 0.0576. The molecule has 0 radical (unpaired) electrons. The summed E-state index contributed by atoms with van der Waals surface area (Å²) in [7, 11) is 0. The second-order valence-corrected chi connectivity index (χ2v) is 8.07. The standard InChI is InChI=1S/C20H17ClFNO2S2/c1-3-12(2)25-17-7-5-4-6-13(17)10-18-19(24)23(20(26)27-18)14-8-9-16(22)15(21)11-14/h4-12H,3H2,1-2H3/b18-10+/t12-/m0/s1. The fraction of sp³-hybridized carbons (Fsp3) is 0.200. The third kappa shape index (κ3) is 4.34. The molecule has 0 aliphatic carbocycles. The van der Waals surface area contributed by atoms with Crippen molar-refractivity contribution in [3.8, 4) is 5.75 Å². The van der Waals surface area contributed by atoms with Crippen molar-refractivity contribution in [2.75, 3.05) is 4.90 Å². The SMILES string of the molecule is CC[C@H](C)Oc1ccccc1/C=C1/SC(=S)N(c2ccc(F)c(Cl)c2)C1=O. The summed E-state index contributed by atoms with van der Waals surface area (Å²) in [6, 6.07) is 11.6. The Morgan fingerprint density at radius 3 is 2.78 bits per heavy atom. The Balaban J connectivity index is 1.92. The summed E-state index contributed by atoms with van der Waals surface area (Å²) in [5.41, 5.74) is 1.24. The molecule has 0 bridgehead atoms. The predicted octanol–water partition coefficient (Wildman–Crippen LogP) is 6.06. The fourth-order valence-electron chi connectivity index (χ4n) is 2.46. The maximum Gasteiger partial charge on any atom is 0.270 e. The second kappa shape index (κ2) is 8.42. The van der Waals surface area contributed by atoms with Crippen LogP contribution in [0.2, 0.25) is 5.02 Å². The molecular formula is C20H17ClFNO2S2. The molecule has 1 saturated heterocycles. The molecule has 0 spiro atoms. The molecule has 0 N–H and O–H groups in total. The third-order valence-electron chi connectivity index (χ3n) is 4.06. The zero-order valence-electron chi connectivity index (χ0n) is 14.7. The largest absolute Gasteiger partial charge is 0.490 e. The van der Waals surface area contributed by atoms with Crippen LogP contribution in [0.4, 0.5) is 10.1 Å². The molecule has 1 aliphatic rings. The van der Waals surface area contributed by atoms with Crippen LogP contribution in [0, 0.1) is 5.82 Å². The van der Waals surface area contributed by atoms with Crippen LogP contribution < -0.4 is 9.64 Å². The van der Waals surface area contributed by atoms with Gasteiger partial charge in [-0.25, -0.2) is 4.39 Å². The highest BCUT2D eigenvalue weighted by atomic mass is 35.5. The van der Waals surface area contributed by atoms with Crippen molar-refractivity contribution in [1.82, 2.24) is 0 Å². The minimum atomic E-state index is -0.544. The first-order valence-electron chi connectivity index (χ1n) is 8.39. The van der Waals surface area contributed by atoms with Gasteiger partial charge in [0.15, 0.2) is 4.32 Å². The van der Waals surface area contributed by atoms with Gasteiger partial charge < -0.3 is 4.74 Å². The number of thioether (sulfide) groups is 1. The van der Waals surface area contributed by atoms with Gasteiger partial charge >= 0.3 is 0 Å². The minimum Gasteiger partial charge on any atom is -0.490 e. The molecule has 0 saturated carbocycles. The van der Waals surface area contributed by atoms with Crippen LogP contribution in [0.15, 0.2) is 47.4 Å². The number of carbonyl (C=O) groups is 1. The molecule has 3 rings (SSSR count). The lowest BCUT2D eigenvalue weighted by Crippen LogP contribution is -2.27. The van der Waals surface area contributed by atoms with Gasteiger partial charge in [-0.05, 0) is 43.7 Å². The summed E-state index contributed by atoms with van der Waals surface area (Å²) in [5, 5.41) is -0.0576. The highest BCUT2D eigenvalue weighted by Gasteiger charge is 2.33. The van der Waals surface area contributed by atoms with E-state index in [1.54, 1.807) is 6.08 Å². The molecule has 7 heteroatoms. The number of halogens is 2. The van der Waals surface area contributed by atoms with Gasteiger partial charge in [-0.15, -0.1) is 0 Å². The second-order valence-electron chi connectivity index (χ2n) is 5.99. The molecule has 1 fully saturated rings. The molecule has 2 aromatic rings. The maximum absolute atomic E-state index is 13.4. The third-order valence-corrected chi connectivity index (χ3v) is 5.66. The van der Waals surface area contributed by atoms with E-state index in [1.807, 2.05) is 38.1 Å². The summed E-state index contributed by atoms with van der Waals surface area (Å²) in [4.78, 5) is 14.7. The Kier molecular flexibility index (Phi) is 6.19. The molecule has 1 atom stereocenters. The summed E-state index contributed by atoms with van der Waals surface area (Å²) < 4.78 is 19.7. The van der Waals surface area contributed by atoms with Gasteiger partial charge in [0.2, 0.25) is 0 Å². The van der Waals surface area contributed by atoms with E-state index >= 15 is 0 Å². The Labute approximate surface area is 172 Å². The number of nitrogens with zero attached hydrogens (tertiary/aromatic N) is 1. The number of rotatable bonds is 5. The van der Waals surface area contributed by atoms with Crippen molar-refractivity contribution in [3.63, 3.8) is 0 Å². The highest BCUT2D eigenvalue weighted by molar-refractivity contribution is 8.27. The topological polar surface area (TPSA) is 29.5 Å². The zero-order valence-corrected chi connectivity index (χ0v) is 17.1. The number of anilines is 1. The van der Waals surface area contributed by atoms with E-state index in [9.17, 15) is 9.18 Å². The number of amides is 1. The number of para-hydroxylation sites is 1. The van der Waals surface area contributed by atoms with Crippen LogP contribution in [0.3, 0.4) is 0 Å². The van der Waals surface area contributed by atoms with E-state index in [0.717, 1.165) is 12.0 Å². The zero-order chi connectivity index (χ0) is 19.6. The lowest BCUT2D eigenvalue weighted by Gasteiger charge is -2.15. The predicted molar refractivity (Wildman–Crippen MR) is 114 cm³/mol. The number of hydrogen-bond donors (Lipinski definition) is 0. The molecule has 0 unspecified atom stereocenters. The Morgan fingerprint density at radius 2 is 2.07 bits per heavy atom. The smallest absolute Gasteiger partial charge is 0.270 e. The summed E-state index contributed by atoms with van der Waals surface area (Å²) in [5.74, 6) is -0.106. The number of carbonyl (C=O) groups excluding carboxylic acids is 1. The average molecular weight is 422 g/mol. The summed E-state index contributed by atoms with van der Waals surface area (Å²) >= 11 is 12.4. The molecular weight excluding hydrogens is 405 g/mol. The van der Waals surface area contributed by atoms with Crippen molar-refractivity contribution < 1.29 is 13.9 Å². The van der Waals surface area contributed by atoms with E-state index in [2.05, 4.69) is 0 Å². The molecule has 27 heavy (non-hydrogen) atoms. The van der Waals surface area contributed by atoms with Crippen molar-refractivity contribution in [1.29, 1.82) is 0 Å². The van der Waals surface area contributed by atoms with Crippen molar-refractivity contribution in [2.45, 2.75) is 26.4 Å². The maximum atomic E-state index is 13.4. The first kappa shape index (κ1) is 19.9. The van der Waals surface area contributed by atoms with Crippen molar-refractivity contribution in [2.24, 2.45) is 0 Å². The fourth-order valence-corrected chi connectivity index (χ4v) is 3.93. The lowest BCUT2D eigenvalue weighted by molar-refractivity contribution is -0.113. The number of thiocarbonyl (C=S) groups is 1. The van der Waals surface area contributed by atoms with Crippen LogP contribution in [0.1, 0.15) is 25.8 Å². The highest BCUT2D eigenvalue weighted by Crippen LogP contribution is 2.38. The molecule has 140 valence electrons. The molecule has 1 amide bonds. The van der Waals surface area contributed by atoms with Gasteiger partial charge in [0.05, 0.1) is 21.7 Å². The van der Waals surface area contributed by atoms with Gasteiger partial charge in [0.25, 0.3) is 5.91 Å². The van der Waals surface area contributed by atoms with E-state index in [1.165, 1.54) is 34.9 Å². The van der Waals surface area contributed by atoms with Gasteiger partial charge in [0.1, 0.15) is 11.6 Å². The summed E-state index contributed by atoms with van der Waals surface area (Å²) in [6.45, 7) is 4.04. The molecule has 3 nitrogen and oxygen atoms in total. The van der Waals surface area contributed by atoms with Gasteiger partial charge in [-0.3, -0.25) is 9.69 Å². The Hall–Kier alpha value is -1.89. The van der Waals surface area contributed by atoms with Crippen LogP contribution in [-0.2, 0) is 4.79 Å². The van der Waals surface area contributed by atoms with E-state index in [-0.39, 0.29) is 17.0 Å². The average Bonchev–Trinajstić information content (AvgIpc) is 2.92. The van der Waals surface area contributed by atoms with Crippen LogP contribution in [-0.4, -0.2) is 16.3 Å². The molecule has 1 aliphatic heterocycles. The number of benzene rings is 2. The monoisotopic (exact) mass is 421 g/mol. The normalized spacial score (nSPS) is 16.9. The molecule has 0 aromatic heterocycles. The number of hydrogen-bond acceptors (Lipinski definition) is 4. The van der Waals surface area contributed by atoms with Gasteiger partial charge in [-0.1, -0.05) is 60.7 Å². The number of ether oxygens (including phenoxy) is 1. The molecule has 1 heterocycles. The van der Waals surface area contributed by atoms with Crippen LogP contribution >= 0.6 is 35.6 Å². The lowest BCUT2D eigenvalue weighted by atomic mass is 10.1. The summed E-state index contributed by atoms with van der Waals surface area (Å²) in [6.07, 6.45) is 2.71. The van der Waals surface area contributed by atoms with E-state index in [4.69, 9.17) is 28.6 Å². The van der Waals surface area contributed by atoms with Crippen molar-refractivity contribution in [3.05, 3.63) is 63.8 Å². The van der Waals surface area contributed by atoms with E-state index < -0.39 is 5.82 Å². The first-order chi connectivity index (χ1) is 12.9. The quantitative estimate of drug-likeness (QED) is 0.433. The van der Waals surface area contributed by atoms with Crippen LogP contribution in [0.5, 0.6) is 5.75 Å².